The number of unbranched alkanes of at least 4 members (excludes halogenated alkanes) is 4. The third-order valence-electron chi connectivity index (χ3n) is 8.03. The van der Waals surface area contributed by atoms with Crippen molar-refractivity contribution in [2.45, 2.75) is 65.1 Å². The smallest absolute Gasteiger partial charge is 0.416 e. The summed E-state index contributed by atoms with van der Waals surface area (Å²) < 4.78 is 56.7. The average molecular weight is 706 g/mol. The van der Waals surface area contributed by atoms with Gasteiger partial charge < -0.3 is 24.4 Å². The number of amides is 2. The number of hydrogen-bond acceptors (Lipinski definition) is 7. The van der Waals surface area contributed by atoms with Crippen LogP contribution in [0.1, 0.15) is 83.4 Å². The van der Waals surface area contributed by atoms with E-state index in [9.17, 15) is 27.6 Å². The second-order valence-corrected chi connectivity index (χ2v) is 11.8. The van der Waals surface area contributed by atoms with Gasteiger partial charge in [0, 0.05) is 19.3 Å². The van der Waals surface area contributed by atoms with E-state index in [-0.39, 0.29) is 35.1 Å². The van der Waals surface area contributed by atoms with Gasteiger partial charge in [0.15, 0.2) is 0 Å². The number of methoxy groups -OCH3 is 1. The molecule has 4 aromatic rings. The van der Waals surface area contributed by atoms with Crippen LogP contribution in [-0.4, -0.2) is 47.9 Å². The molecule has 1 N–H and O–H groups in total. The maximum Gasteiger partial charge on any atom is 0.416 e. The molecule has 2 amide bonds. The van der Waals surface area contributed by atoms with Gasteiger partial charge in [-0.05, 0) is 85.1 Å². The van der Waals surface area contributed by atoms with E-state index in [1.165, 1.54) is 56.8 Å². The molecule has 0 saturated carbocycles. The van der Waals surface area contributed by atoms with Gasteiger partial charge in [-0.15, -0.1) is 0 Å². The summed E-state index contributed by atoms with van der Waals surface area (Å²) in [5.74, 6) is -0.342. The molecule has 0 aliphatic rings. The van der Waals surface area contributed by atoms with E-state index in [1.54, 1.807) is 53.4 Å². The number of nitrogens with zero attached hydrogens (tertiary/aromatic N) is 2. The molecule has 0 radical (unpaired) electrons. The SMILES string of the molecule is CCCCCCCOc1ccc(C(=O)Oc2ccc(CN(CC)C(=O)c3ccc(NC(=O)Cc4ccc(OC)cc4C(F)(F)F)nc3)cc2)cc1. The van der Waals surface area contributed by atoms with Gasteiger partial charge in [0.1, 0.15) is 23.1 Å². The first kappa shape index (κ1) is 38.4. The van der Waals surface area contributed by atoms with Crippen molar-refractivity contribution in [1.29, 1.82) is 0 Å². The van der Waals surface area contributed by atoms with Crippen LogP contribution in [0.2, 0.25) is 0 Å². The number of halogens is 3. The summed E-state index contributed by atoms with van der Waals surface area (Å²) in [5.41, 5.74) is 0.283. The molecule has 12 heteroatoms. The topological polar surface area (TPSA) is 107 Å². The van der Waals surface area contributed by atoms with E-state index < -0.39 is 30.0 Å². The molecular weight excluding hydrogens is 663 g/mol. The minimum absolute atomic E-state index is 0.0272. The van der Waals surface area contributed by atoms with Crippen molar-refractivity contribution in [3.05, 3.63) is 113 Å². The highest BCUT2D eigenvalue weighted by atomic mass is 19.4. The number of carbonyl (C=O) groups excluding carboxylic acids is 3. The van der Waals surface area contributed by atoms with Gasteiger partial charge in [-0.25, -0.2) is 9.78 Å². The van der Waals surface area contributed by atoms with E-state index in [1.807, 2.05) is 6.92 Å². The molecule has 0 saturated heterocycles. The van der Waals surface area contributed by atoms with E-state index in [4.69, 9.17) is 14.2 Å². The van der Waals surface area contributed by atoms with Gasteiger partial charge in [0.2, 0.25) is 5.91 Å². The van der Waals surface area contributed by atoms with Crippen LogP contribution in [0.4, 0.5) is 19.0 Å². The number of carbonyl (C=O) groups is 3. The lowest BCUT2D eigenvalue weighted by Gasteiger charge is -2.21. The average Bonchev–Trinajstić information content (AvgIpc) is 3.12. The van der Waals surface area contributed by atoms with Gasteiger partial charge in [-0.1, -0.05) is 50.8 Å². The van der Waals surface area contributed by atoms with Crippen LogP contribution in [-0.2, 0) is 23.9 Å². The van der Waals surface area contributed by atoms with Crippen molar-refractivity contribution in [3.8, 4) is 17.2 Å². The minimum Gasteiger partial charge on any atom is -0.497 e. The molecule has 3 aromatic carbocycles. The van der Waals surface area contributed by atoms with Gasteiger partial charge in [-0.2, -0.15) is 13.2 Å². The van der Waals surface area contributed by atoms with Gasteiger partial charge >= 0.3 is 12.1 Å². The number of esters is 1. The quantitative estimate of drug-likeness (QED) is 0.0667. The van der Waals surface area contributed by atoms with Crippen LogP contribution >= 0.6 is 0 Å². The fourth-order valence-corrected chi connectivity index (χ4v) is 5.20. The molecule has 0 fully saturated rings. The normalized spacial score (nSPS) is 11.1. The Bertz CT molecular complexity index is 1740. The predicted octanol–water partition coefficient (Wildman–Crippen LogP) is 8.52. The standard InChI is InChI=1S/C39H42F3N3O6/c1-4-6-7-8-9-22-50-31-18-12-28(13-19-31)38(48)51-32-16-10-27(11-17-32)26-45(5-2)37(47)30-15-21-35(43-25-30)44-36(46)23-29-14-20-33(49-3)24-34(29)39(40,41)42/h10-21,24-25H,4-9,22-23,26H2,1-3H3,(H,43,44,46). The molecule has 4 rings (SSSR count). The van der Waals surface area contributed by atoms with Gasteiger partial charge in [0.05, 0.1) is 36.8 Å². The monoisotopic (exact) mass is 705 g/mol. The van der Waals surface area contributed by atoms with Crippen LogP contribution in [0.15, 0.2) is 85.1 Å². The number of rotatable bonds is 17. The third kappa shape index (κ3) is 11.6. The summed E-state index contributed by atoms with van der Waals surface area (Å²) in [6.45, 7) is 5.30. The Hall–Kier alpha value is -5.39. The summed E-state index contributed by atoms with van der Waals surface area (Å²) in [7, 11) is 1.26. The van der Waals surface area contributed by atoms with E-state index >= 15 is 0 Å². The van der Waals surface area contributed by atoms with E-state index in [0.717, 1.165) is 24.5 Å². The van der Waals surface area contributed by atoms with Crippen LogP contribution < -0.4 is 19.5 Å². The van der Waals surface area contributed by atoms with Crippen LogP contribution in [0.25, 0.3) is 0 Å². The number of anilines is 1. The third-order valence-corrected chi connectivity index (χ3v) is 8.03. The van der Waals surface area contributed by atoms with E-state index in [2.05, 4.69) is 17.2 Å². The molecule has 270 valence electrons. The van der Waals surface area contributed by atoms with Gasteiger partial charge in [-0.3, -0.25) is 9.59 Å². The number of nitrogens with one attached hydrogen (secondary N) is 1. The molecule has 1 heterocycles. The zero-order valence-corrected chi connectivity index (χ0v) is 28.9. The minimum atomic E-state index is -4.67. The van der Waals surface area contributed by atoms with Crippen molar-refractivity contribution in [3.63, 3.8) is 0 Å². The largest absolute Gasteiger partial charge is 0.497 e. The molecule has 9 nitrogen and oxygen atoms in total. The lowest BCUT2D eigenvalue weighted by Crippen LogP contribution is -2.30. The van der Waals surface area contributed by atoms with Crippen molar-refractivity contribution < 1.29 is 41.8 Å². The Labute approximate surface area is 295 Å². The first-order chi connectivity index (χ1) is 24.5. The molecule has 0 atom stereocenters. The van der Waals surface area contributed by atoms with Crippen LogP contribution in [0.3, 0.4) is 0 Å². The summed E-state index contributed by atoms with van der Waals surface area (Å²) in [6, 6.07) is 20.0. The first-order valence-electron chi connectivity index (χ1n) is 16.8. The van der Waals surface area contributed by atoms with Crippen molar-refractivity contribution in [2.24, 2.45) is 0 Å². The lowest BCUT2D eigenvalue weighted by atomic mass is 10.0. The maximum atomic E-state index is 13.5. The van der Waals surface area contributed by atoms with Crippen molar-refractivity contribution in [2.75, 3.05) is 25.6 Å². The molecule has 0 aliphatic heterocycles. The summed E-state index contributed by atoms with van der Waals surface area (Å²) in [5, 5.41) is 2.48. The molecule has 0 unspecified atom stereocenters. The van der Waals surface area contributed by atoms with Crippen molar-refractivity contribution in [1.82, 2.24) is 9.88 Å². The molecule has 51 heavy (non-hydrogen) atoms. The highest BCUT2D eigenvalue weighted by Crippen LogP contribution is 2.34. The summed E-state index contributed by atoms with van der Waals surface area (Å²) in [6.07, 6.45) is 1.85. The fourth-order valence-electron chi connectivity index (χ4n) is 5.20. The second-order valence-electron chi connectivity index (χ2n) is 11.8. The second kappa shape index (κ2) is 18.6. The van der Waals surface area contributed by atoms with Gasteiger partial charge in [0.25, 0.3) is 5.91 Å². The molecule has 1 aromatic heterocycles. The molecular formula is C39H42F3N3O6. The zero-order valence-electron chi connectivity index (χ0n) is 28.9. The highest BCUT2D eigenvalue weighted by molar-refractivity contribution is 5.95. The summed E-state index contributed by atoms with van der Waals surface area (Å²) >= 11 is 0. The Morgan fingerprint density at radius 3 is 2.10 bits per heavy atom. The number of alkyl halides is 3. The Morgan fingerprint density at radius 2 is 1.47 bits per heavy atom. The number of aromatic nitrogens is 1. The molecule has 0 bridgehead atoms. The van der Waals surface area contributed by atoms with E-state index in [0.29, 0.717) is 30.2 Å². The Morgan fingerprint density at radius 1 is 0.804 bits per heavy atom. The lowest BCUT2D eigenvalue weighted by molar-refractivity contribution is -0.138. The zero-order chi connectivity index (χ0) is 36.8. The Balaban J connectivity index is 1.27. The fraction of sp³-hybridized carbons (Fsp3) is 0.333. The van der Waals surface area contributed by atoms with Crippen molar-refractivity contribution >= 4 is 23.6 Å². The number of ether oxygens (including phenoxy) is 3. The van der Waals surface area contributed by atoms with Crippen LogP contribution in [0.5, 0.6) is 17.2 Å². The summed E-state index contributed by atoms with van der Waals surface area (Å²) in [4.78, 5) is 44.2. The molecule has 0 aliphatic carbocycles. The predicted molar refractivity (Wildman–Crippen MR) is 187 cm³/mol. The maximum absolute atomic E-state index is 13.5. The highest BCUT2D eigenvalue weighted by Gasteiger charge is 2.34. The first-order valence-corrected chi connectivity index (χ1v) is 16.8. The molecule has 0 spiro atoms. The van der Waals surface area contributed by atoms with Crippen LogP contribution in [0, 0.1) is 0 Å². The number of hydrogen-bond donors (Lipinski definition) is 1. The number of pyridine rings is 1. The number of benzene rings is 3. The Kier molecular flexibility index (Phi) is 14.0.